The van der Waals surface area contributed by atoms with Crippen molar-refractivity contribution in [3.8, 4) is 0 Å². The van der Waals surface area contributed by atoms with Gasteiger partial charge in [-0.05, 0) is 12.8 Å². The smallest absolute Gasteiger partial charge is 0.306 e. The minimum absolute atomic E-state index is 0.0311. The summed E-state index contributed by atoms with van der Waals surface area (Å²) in [5.74, 6) is -0.330. The number of esters is 1. The highest BCUT2D eigenvalue weighted by Gasteiger charge is 2.20. The van der Waals surface area contributed by atoms with E-state index in [0.29, 0.717) is 24.1 Å². The van der Waals surface area contributed by atoms with E-state index >= 15 is 0 Å². The minimum Gasteiger partial charge on any atom is -0.756 e. The third-order valence-corrected chi connectivity index (χ3v) is 9.87. The highest BCUT2D eigenvalue weighted by molar-refractivity contribution is 7.45. The highest BCUT2D eigenvalue weighted by Crippen LogP contribution is 2.38. The topological polar surface area (TPSA) is 94.1 Å². The van der Waals surface area contributed by atoms with Gasteiger partial charge < -0.3 is 27.9 Å². The predicted octanol–water partition coefficient (Wildman–Crippen LogP) is 10.7. The van der Waals surface area contributed by atoms with E-state index in [4.69, 9.17) is 18.5 Å². The molecule has 0 fully saturated rings. The molecule has 0 radical (unpaired) electrons. The highest BCUT2D eigenvalue weighted by atomic mass is 31.2. The van der Waals surface area contributed by atoms with Gasteiger partial charge in [0.2, 0.25) is 0 Å². The lowest BCUT2D eigenvalue weighted by atomic mass is 10.0. The second-order valence-electron chi connectivity index (χ2n) is 15.0. The van der Waals surface area contributed by atoms with E-state index in [9.17, 15) is 14.3 Å². The summed E-state index contributed by atoms with van der Waals surface area (Å²) < 4.78 is 34.5. The van der Waals surface area contributed by atoms with Crippen molar-refractivity contribution in [2.75, 3.05) is 54.1 Å². The average Bonchev–Trinajstić information content (AvgIpc) is 3.03. The number of rotatable bonds is 38. The number of hydrogen-bond acceptors (Lipinski definition) is 7. The SMILES string of the molecule is CCCCCCCCCCCCCCCCC(=O)O[C@H](COCCCCCCCCCCCCCC)COP(=O)([O-])OCC[N+](C)(C)C. The standard InChI is InChI=1S/C39H80NO7P/c1-6-8-10-12-14-16-18-20-21-22-24-26-28-30-32-39(41)47-38(37-46-48(42,43)45-35-33-40(3,4)5)36-44-34-31-29-27-25-23-19-17-15-13-11-9-7-2/h38H,6-37H2,1-5H3/t38-/m1/s1. The Labute approximate surface area is 298 Å². The fourth-order valence-electron chi connectivity index (χ4n) is 5.72. The van der Waals surface area contributed by atoms with Crippen molar-refractivity contribution in [2.24, 2.45) is 0 Å². The molecule has 0 spiro atoms. The molecule has 2 atom stereocenters. The summed E-state index contributed by atoms with van der Waals surface area (Å²) in [6, 6.07) is 0. The maximum atomic E-state index is 12.6. The van der Waals surface area contributed by atoms with Gasteiger partial charge in [0.05, 0.1) is 34.4 Å². The second-order valence-corrected chi connectivity index (χ2v) is 16.4. The van der Waals surface area contributed by atoms with E-state index in [2.05, 4.69) is 13.8 Å². The summed E-state index contributed by atoms with van der Waals surface area (Å²) >= 11 is 0. The van der Waals surface area contributed by atoms with Crippen LogP contribution in [0, 0.1) is 0 Å². The summed E-state index contributed by atoms with van der Waals surface area (Å²) in [5, 5.41) is 0. The van der Waals surface area contributed by atoms with Crippen LogP contribution in [0.5, 0.6) is 0 Å². The normalized spacial score (nSPS) is 13.9. The first-order valence-corrected chi connectivity index (χ1v) is 21.7. The number of ether oxygens (including phenoxy) is 2. The molecule has 0 aliphatic heterocycles. The number of hydrogen-bond donors (Lipinski definition) is 0. The van der Waals surface area contributed by atoms with Gasteiger partial charge in [-0.3, -0.25) is 9.36 Å². The largest absolute Gasteiger partial charge is 0.756 e. The van der Waals surface area contributed by atoms with Crippen LogP contribution in [0.4, 0.5) is 0 Å². The van der Waals surface area contributed by atoms with Crippen LogP contribution in [-0.4, -0.2) is 70.7 Å². The molecule has 0 rings (SSSR count). The predicted molar refractivity (Wildman–Crippen MR) is 199 cm³/mol. The molecule has 0 aromatic heterocycles. The Hall–Kier alpha value is -0.500. The summed E-state index contributed by atoms with van der Waals surface area (Å²) in [7, 11) is 1.37. The van der Waals surface area contributed by atoms with Gasteiger partial charge >= 0.3 is 5.97 Å². The molecule has 48 heavy (non-hydrogen) atoms. The van der Waals surface area contributed by atoms with Gasteiger partial charge in [0.25, 0.3) is 7.82 Å². The Kier molecular flexibility index (Phi) is 33.3. The van der Waals surface area contributed by atoms with Crippen molar-refractivity contribution in [3.63, 3.8) is 0 Å². The van der Waals surface area contributed by atoms with Gasteiger partial charge in [0.1, 0.15) is 19.3 Å². The molecule has 0 aromatic carbocycles. The van der Waals surface area contributed by atoms with Crippen molar-refractivity contribution in [1.82, 2.24) is 0 Å². The molecule has 0 aromatic rings. The molecule has 288 valence electrons. The fourth-order valence-corrected chi connectivity index (χ4v) is 6.45. The van der Waals surface area contributed by atoms with E-state index in [0.717, 1.165) is 32.1 Å². The van der Waals surface area contributed by atoms with Crippen LogP contribution >= 0.6 is 7.82 Å². The van der Waals surface area contributed by atoms with Gasteiger partial charge in [0, 0.05) is 13.0 Å². The lowest BCUT2D eigenvalue weighted by Crippen LogP contribution is -2.37. The molecule has 9 heteroatoms. The van der Waals surface area contributed by atoms with Gasteiger partial charge in [-0.25, -0.2) is 0 Å². The summed E-state index contributed by atoms with van der Waals surface area (Å²) in [4.78, 5) is 24.9. The van der Waals surface area contributed by atoms with Crippen LogP contribution in [0.1, 0.15) is 187 Å². The molecule has 0 bridgehead atoms. The van der Waals surface area contributed by atoms with E-state index in [1.54, 1.807) is 0 Å². The van der Waals surface area contributed by atoms with E-state index in [1.807, 2.05) is 21.1 Å². The van der Waals surface area contributed by atoms with Crippen molar-refractivity contribution in [3.05, 3.63) is 0 Å². The number of carbonyl (C=O) groups is 1. The molecule has 0 saturated carbocycles. The third kappa shape index (κ3) is 36.8. The van der Waals surface area contributed by atoms with Crippen molar-refractivity contribution in [1.29, 1.82) is 0 Å². The Morgan fingerprint density at radius 2 is 0.958 bits per heavy atom. The lowest BCUT2D eigenvalue weighted by Gasteiger charge is -2.28. The van der Waals surface area contributed by atoms with Gasteiger partial charge in [-0.2, -0.15) is 0 Å². The molecular weight excluding hydrogens is 625 g/mol. The first-order chi connectivity index (χ1) is 23.1. The second kappa shape index (κ2) is 33.6. The zero-order chi connectivity index (χ0) is 35.6. The molecule has 0 heterocycles. The molecular formula is C39H80NO7P. The minimum atomic E-state index is -4.51. The number of nitrogens with zero attached hydrogens (tertiary/aromatic N) is 1. The van der Waals surface area contributed by atoms with Gasteiger partial charge in [-0.1, -0.05) is 168 Å². The molecule has 8 nitrogen and oxygen atoms in total. The molecule has 0 saturated heterocycles. The lowest BCUT2D eigenvalue weighted by molar-refractivity contribution is -0.870. The summed E-state index contributed by atoms with van der Waals surface area (Å²) in [5.41, 5.74) is 0. The summed E-state index contributed by atoms with van der Waals surface area (Å²) in [6.07, 6.45) is 32.4. The number of unbranched alkanes of at least 4 members (excludes halogenated alkanes) is 24. The number of likely N-dealkylation sites (N-methyl/N-ethyl adjacent to an activating group) is 1. The van der Waals surface area contributed by atoms with Crippen molar-refractivity contribution < 1.29 is 37.3 Å². The van der Waals surface area contributed by atoms with Crippen LogP contribution < -0.4 is 4.89 Å². The Morgan fingerprint density at radius 1 is 0.562 bits per heavy atom. The van der Waals surface area contributed by atoms with Crippen LogP contribution in [-0.2, 0) is 27.9 Å². The van der Waals surface area contributed by atoms with Gasteiger partial charge in [0.15, 0.2) is 0 Å². The van der Waals surface area contributed by atoms with Crippen LogP contribution in [0.2, 0.25) is 0 Å². The van der Waals surface area contributed by atoms with E-state index < -0.39 is 13.9 Å². The molecule has 0 aliphatic rings. The van der Waals surface area contributed by atoms with Crippen molar-refractivity contribution >= 4 is 13.8 Å². The van der Waals surface area contributed by atoms with Gasteiger partial charge in [-0.15, -0.1) is 0 Å². The quantitative estimate of drug-likeness (QED) is 0.0273. The number of phosphoric acid groups is 1. The zero-order valence-corrected chi connectivity index (χ0v) is 33.4. The Morgan fingerprint density at radius 3 is 1.38 bits per heavy atom. The monoisotopic (exact) mass is 706 g/mol. The summed E-state index contributed by atoms with van der Waals surface area (Å²) in [6.45, 7) is 5.44. The Balaban J connectivity index is 4.24. The number of phosphoric ester groups is 1. The maximum Gasteiger partial charge on any atom is 0.306 e. The molecule has 1 unspecified atom stereocenters. The van der Waals surface area contributed by atoms with Crippen molar-refractivity contribution in [2.45, 2.75) is 193 Å². The first kappa shape index (κ1) is 47.5. The maximum absolute atomic E-state index is 12.6. The average molecular weight is 706 g/mol. The molecule has 0 amide bonds. The van der Waals surface area contributed by atoms with Crippen LogP contribution in [0.15, 0.2) is 0 Å². The molecule has 0 N–H and O–H groups in total. The Bertz CT molecular complexity index is 746. The molecule has 0 aliphatic carbocycles. The first-order valence-electron chi connectivity index (χ1n) is 20.3. The third-order valence-electron chi connectivity index (χ3n) is 8.91. The number of quaternary nitrogens is 1. The number of carbonyl (C=O) groups excluding carboxylic acids is 1. The zero-order valence-electron chi connectivity index (χ0n) is 32.5. The van der Waals surface area contributed by atoms with Crippen LogP contribution in [0.25, 0.3) is 0 Å². The fraction of sp³-hybridized carbons (Fsp3) is 0.974. The van der Waals surface area contributed by atoms with E-state index in [1.165, 1.54) is 135 Å². The van der Waals surface area contributed by atoms with Crippen LogP contribution in [0.3, 0.4) is 0 Å². The van der Waals surface area contributed by atoms with E-state index in [-0.39, 0.29) is 25.8 Å².